The molecule has 1 aliphatic carbocycles. The largest absolute Gasteiger partial charge is 0.394 e. The molecule has 11 heteroatoms. The number of benzene rings is 3. The summed E-state index contributed by atoms with van der Waals surface area (Å²) in [4.78, 5) is 26.5. The first-order chi connectivity index (χ1) is 22.9. The highest BCUT2D eigenvalue weighted by atomic mass is 16.3. The second-order valence-corrected chi connectivity index (χ2v) is 12.0. The second-order valence-electron chi connectivity index (χ2n) is 12.0. The summed E-state index contributed by atoms with van der Waals surface area (Å²) in [6, 6.07) is 28.8. The summed E-state index contributed by atoms with van der Waals surface area (Å²) in [5, 5.41) is 41.9. The summed E-state index contributed by atoms with van der Waals surface area (Å²) in [7, 11) is 0. The molecule has 5 aromatic rings. The Balaban J connectivity index is 1.35. The fraction of sp³-hybridized carbons (Fsp3) is 0.333. The van der Waals surface area contributed by atoms with Crippen molar-refractivity contribution < 1.29 is 20.1 Å². The lowest BCUT2D eigenvalue weighted by Gasteiger charge is -2.21. The third kappa shape index (κ3) is 7.27. The van der Waals surface area contributed by atoms with E-state index in [9.17, 15) is 20.1 Å². The maximum Gasteiger partial charge on any atom is 0.227 e. The number of amides is 1. The van der Waals surface area contributed by atoms with Crippen LogP contribution in [0.3, 0.4) is 0 Å². The summed E-state index contributed by atoms with van der Waals surface area (Å²) >= 11 is 0. The van der Waals surface area contributed by atoms with Crippen molar-refractivity contribution in [2.24, 2.45) is 0 Å². The van der Waals surface area contributed by atoms with Gasteiger partial charge >= 0.3 is 0 Å². The van der Waals surface area contributed by atoms with Gasteiger partial charge in [-0.25, -0.2) is 4.98 Å². The summed E-state index contributed by atoms with van der Waals surface area (Å²) in [6.45, 7) is 2.11. The molecule has 0 unspecified atom stereocenters. The maximum atomic E-state index is 12.1. The molecule has 11 nitrogen and oxygen atoms in total. The highest BCUT2D eigenvalue weighted by Crippen LogP contribution is 2.35. The van der Waals surface area contributed by atoms with Gasteiger partial charge in [0.1, 0.15) is 12.2 Å². The molecule has 0 bridgehead atoms. The quantitative estimate of drug-likeness (QED) is 0.114. The molecule has 6 rings (SSSR count). The summed E-state index contributed by atoms with van der Waals surface area (Å²) in [5.74, 6) is 0.599. The van der Waals surface area contributed by atoms with Crippen LogP contribution in [0.5, 0.6) is 0 Å². The molecule has 0 spiro atoms. The van der Waals surface area contributed by atoms with Crippen molar-refractivity contribution in [2.45, 2.75) is 62.4 Å². The summed E-state index contributed by atoms with van der Waals surface area (Å²) < 4.78 is 1.75. The fourth-order valence-electron chi connectivity index (χ4n) is 6.32. The number of hydrogen-bond donors (Lipinski definition) is 6. The predicted octanol–water partition coefficient (Wildman–Crippen LogP) is 3.65. The van der Waals surface area contributed by atoms with E-state index in [4.69, 9.17) is 9.97 Å². The molecule has 2 aromatic heterocycles. The van der Waals surface area contributed by atoms with Crippen molar-refractivity contribution in [1.29, 1.82) is 0 Å². The van der Waals surface area contributed by atoms with Crippen LogP contribution in [0.15, 0.2) is 97.3 Å². The van der Waals surface area contributed by atoms with E-state index in [1.807, 2.05) is 66.7 Å². The van der Waals surface area contributed by atoms with Gasteiger partial charge in [-0.1, -0.05) is 97.9 Å². The van der Waals surface area contributed by atoms with Gasteiger partial charge in [-0.15, -0.1) is 0 Å². The molecule has 1 amide bonds. The molecule has 1 fully saturated rings. The molecule has 2 heterocycles. The maximum absolute atomic E-state index is 12.1. The minimum atomic E-state index is -1.15. The molecule has 47 heavy (non-hydrogen) atoms. The van der Waals surface area contributed by atoms with E-state index in [-0.39, 0.29) is 36.8 Å². The van der Waals surface area contributed by atoms with E-state index in [1.165, 1.54) is 0 Å². The SMILES string of the molecule is CCC(=O)N[C@H]1C[C@@H](n2cnc3c(NCC(c4ccccc4)c4ccccc4)nc(N[C@H](CO)Cc4ccccc4)nc32)[C@H](O)[C@@H]1O. The van der Waals surface area contributed by atoms with Crippen molar-refractivity contribution in [2.75, 3.05) is 23.8 Å². The minimum absolute atomic E-state index is 0.0129. The predicted molar refractivity (Wildman–Crippen MR) is 181 cm³/mol. The number of nitrogens with one attached hydrogen (secondary N) is 3. The van der Waals surface area contributed by atoms with E-state index < -0.39 is 24.3 Å². The van der Waals surface area contributed by atoms with Crippen molar-refractivity contribution >= 4 is 28.8 Å². The number of rotatable bonds is 13. The van der Waals surface area contributed by atoms with Crippen LogP contribution in [0, 0.1) is 0 Å². The van der Waals surface area contributed by atoms with Crippen LogP contribution < -0.4 is 16.0 Å². The first kappa shape index (κ1) is 32.1. The van der Waals surface area contributed by atoms with Gasteiger partial charge in [0.25, 0.3) is 0 Å². The number of imidazole rings is 1. The first-order valence-corrected chi connectivity index (χ1v) is 16.1. The minimum Gasteiger partial charge on any atom is -0.394 e. The van der Waals surface area contributed by atoms with Gasteiger partial charge in [-0.2, -0.15) is 9.97 Å². The van der Waals surface area contributed by atoms with Gasteiger partial charge in [0, 0.05) is 18.9 Å². The Morgan fingerprint density at radius 3 is 2.17 bits per heavy atom. The van der Waals surface area contributed by atoms with Crippen molar-refractivity contribution in [3.63, 3.8) is 0 Å². The van der Waals surface area contributed by atoms with Gasteiger partial charge in [0.05, 0.1) is 31.1 Å². The standard InChI is InChI=1S/C36H41N7O4/c1-2-30(45)40-28-19-29(33(47)32(28)46)43-22-38-31-34(37-20-27(24-14-8-4-9-15-24)25-16-10-5-11-17-25)41-36(42-35(31)43)39-26(21-44)18-23-12-6-3-7-13-23/h3-17,22,26-29,32-33,44,46-47H,2,18-21H2,1H3,(H,40,45)(H2,37,39,41,42)/t26-,28-,29+,32+,33-/m0/s1. The highest BCUT2D eigenvalue weighted by molar-refractivity contribution is 5.84. The Morgan fingerprint density at radius 1 is 0.915 bits per heavy atom. The number of carbonyl (C=O) groups excluding carboxylic acids is 1. The molecule has 6 N–H and O–H groups in total. The van der Waals surface area contributed by atoms with E-state index in [0.717, 1.165) is 16.7 Å². The monoisotopic (exact) mass is 635 g/mol. The Kier molecular flexibility index (Phi) is 10.1. The van der Waals surface area contributed by atoms with Crippen molar-refractivity contribution in [3.05, 3.63) is 114 Å². The number of carbonyl (C=O) groups is 1. The zero-order valence-corrected chi connectivity index (χ0v) is 26.3. The molecular weight excluding hydrogens is 594 g/mol. The molecule has 1 aliphatic rings. The normalized spacial score (nSPS) is 19.9. The molecule has 0 aliphatic heterocycles. The van der Waals surface area contributed by atoms with Crippen LogP contribution in [0.4, 0.5) is 11.8 Å². The molecule has 0 saturated heterocycles. The smallest absolute Gasteiger partial charge is 0.227 e. The zero-order valence-electron chi connectivity index (χ0n) is 26.3. The van der Waals surface area contributed by atoms with Crippen LogP contribution in [-0.2, 0) is 11.2 Å². The lowest BCUT2D eigenvalue weighted by molar-refractivity contribution is -0.122. The molecule has 244 valence electrons. The second kappa shape index (κ2) is 14.7. The van der Waals surface area contributed by atoms with Gasteiger partial charge in [-0.05, 0) is 29.5 Å². The number of aromatic nitrogens is 4. The van der Waals surface area contributed by atoms with Gasteiger partial charge in [0.15, 0.2) is 17.0 Å². The number of hydrogen-bond acceptors (Lipinski definition) is 9. The molecule has 3 aromatic carbocycles. The lowest BCUT2D eigenvalue weighted by atomic mass is 9.91. The average molecular weight is 636 g/mol. The van der Waals surface area contributed by atoms with Gasteiger partial charge in [-0.3, -0.25) is 4.79 Å². The molecular formula is C36H41N7O4. The number of aliphatic hydroxyl groups excluding tert-OH is 3. The Labute approximate surface area is 273 Å². The van der Waals surface area contributed by atoms with Crippen LogP contribution in [0.25, 0.3) is 11.2 Å². The van der Waals surface area contributed by atoms with Gasteiger partial charge in [0.2, 0.25) is 11.9 Å². The first-order valence-electron chi connectivity index (χ1n) is 16.1. The van der Waals surface area contributed by atoms with Crippen LogP contribution >= 0.6 is 0 Å². The van der Waals surface area contributed by atoms with Crippen LogP contribution in [0.2, 0.25) is 0 Å². The van der Waals surface area contributed by atoms with Crippen molar-refractivity contribution in [3.8, 4) is 0 Å². The van der Waals surface area contributed by atoms with E-state index >= 15 is 0 Å². The highest BCUT2D eigenvalue weighted by Gasteiger charge is 2.43. The fourth-order valence-corrected chi connectivity index (χ4v) is 6.32. The molecule has 0 radical (unpaired) electrons. The zero-order chi connectivity index (χ0) is 32.8. The number of anilines is 2. The number of fused-ring (bicyclic) bond motifs is 1. The van der Waals surface area contributed by atoms with E-state index in [1.54, 1.807) is 17.8 Å². The van der Waals surface area contributed by atoms with Crippen molar-refractivity contribution in [1.82, 2.24) is 24.8 Å². The topological polar surface area (TPSA) is 157 Å². The third-order valence-corrected chi connectivity index (χ3v) is 8.85. The lowest BCUT2D eigenvalue weighted by Crippen LogP contribution is -2.42. The van der Waals surface area contributed by atoms with E-state index in [2.05, 4.69) is 45.2 Å². The third-order valence-electron chi connectivity index (χ3n) is 8.85. The van der Waals surface area contributed by atoms with Crippen LogP contribution in [0.1, 0.15) is 48.4 Å². The number of aliphatic hydroxyl groups is 3. The summed E-state index contributed by atoms with van der Waals surface area (Å²) in [6.07, 6.45) is 0.423. The van der Waals surface area contributed by atoms with Gasteiger partial charge < -0.3 is 35.8 Å². The Morgan fingerprint density at radius 2 is 1.55 bits per heavy atom. The Bertz CT molecular complexity index is 1710. The summed E-state index contributed by atoms with van der Waals surface area (Å²) in [5.41, 5.74) is 4.30. The average Bonchev–Trinajstić information content (AvgIpc) is 3.65. The number of nitrogens with zero attached hydrogens (tertiary/aromatic N) is 4. The molecule has 1 saturated carbocycles. The van der Waals surface area contributed by atoms with E-state index in [0.29, 0.717) is 36.4 Å². The Hall–Kier alpha value is -4.84. The molecule has 5 atom stereocenters. The van der Waals surface area contributed by atoms with Crippen LogP contribution in [-0.4, -0.2) is 78.2 Å².